The van der Waals surface area contributed by atoms with Gasteiger partial charge in [0.25, 0.3) is 0 Å². The van der Waals surface area contributed by atoms with Crippen LogP contribution in [0.25, 0.3) is 0 Å². The minimum Gasteiger partial charge on any atom is -0.427 e. The zero-order chi connectivity index (χ0) is 20.1. The lowest BCUT2D eigenvalue weighted by Crippen LogP contribution is -2.33. The molecule has 2 fully saturated rings. The van der Waals surface area contributed by atoms with Gasteiger partial charge < -0.3 is 18.9 Å². The third-order valence-electron chi connectivity index (χ3n) is 5.40. The number of rotatable bonds is 5. The van der Waals surface area contributed by atoms with Gasteiger partial charge in [0.15, 0.2) is 11.2 Å². The lowest BCUT2D eigenvalue weighted by atomic mass is 9.76. The Morgan fingerprint density at radius 1 is 0.714 bits per heavy atom. The fraction of sp³-hybridized carbons (Fsp3) is 0.364. The normalized spacial score (nSPS) is 30.4. The van der Waals surface area contributed by atoms with E-state index >= 15 is 0 Å². The molecule has 6 nitrogen and oxygen atoms in total. The van der Waals surface area contributed by atoms with Gasteiger partial charge in [0.05, 0.1) is 12.2 Å². The first-order valence-electron chi connectivity index (χ1n) is 9.23. The van der Waals surface area contributed by atoms with E-state index in [0.29, 0.717) is 11.5 Å². The van der Waals surface area contributed by atoms with Crippen molar-refractivity contribution in [2.75, 3.05) is 0 Å². The van der Waals surface area contributed by atoms with Crippen LogP contribution in [0.5, 0.6) is 11.5 Å². The monoisotopic (exact) mass is 382 g/mol. The summed E-state index contributed by atoms with van der Waals surface area (Å²) in [5.74, 6) is 0.262. The molecule has 4 rings (SSSR count). The van der Waals surface area contributed by atoms with Crippen LogP contribution in [0, 0.1) is 0 Å². The van der Waals surface area contributed by atoms with E-state index < -0.39 is 11.2 Å². The standard InChI is InChI=1S/C22H22O6/c1-13-21(27-13,17-5-9-19(10-6-17)25-15(3)23)22(14(2)28-22)18-7-11-20(12-8-18)26-16(4)24/h5-14H,1-4H3. The molecule has 2 heterocycles. The quantitative estimate of drug-likeness (QED) is 0.448. The van der Waals surface area contributed by atoms with Crippen LogP contribution in [0.4, 0.5) is 0 Å². The summed E-state index contributed by atoms with van der Waals surface area (Å²) >= 11 is 0. The second kappa shape index (κ2) is 6.43. The molecule has 2 saturated heterocycles. The van der Waals surface area contributed by atoms with E-state index in [4.69, 9.17) is 18.9 Å². The van der Waals surface area contributed by atoms with Crippen LogP contribution in [0.15, 0.2) is 48.5 Å². The zero-order valence-electron chi connectivity index (χ0n) is 16.2. The summed E-state index contributed by atoms with van der Waals surface area (Å²) in [6.45, 7) is 6.78. The van der Waals surface area contributed by atoms with Gasteiger partial charge in [-0.15, -0.1) is 0 Å². The second-order valence-electron chi connectivity index (χ2n) is 7.23. The van der Waals surface area contributed by atoms with Crippen molar-refractivity contribution in [2.24, 2.45) is 0 Å². The first kappa shape index (κ1) is 18.7. The third-order valence-corrected chi connectivity index (χ3v) is 5.40. The van der Waals surface area contributed by atoms with Crippen molar-refractivity contribution in [2.45, 2.75) is 51.1 Å². The number of benzene rings is 2. The second-order valence-corrected chi connectivity index (χ2v) is 7.23. The minimum absolute atomic E-state index is 0.0369. The molecule has 2 aromatic carbocycles. The molecule has 0 saturated carbocycles. The topological polar surface area (TPSA) is 77.7 Å². The van der Waals surface area contributed by atoms with Crippen molar-refractivity contribution in [1.29, 1.82) is 0 Å². The Kier molecular flexibility index (Phi) is 4.28. The Bertz CT molecular complexity index is 842. The highest BCUT2D eigenvalue weighted by molar-refractivity contribution is 5.69. The maximum absolute atomic E-state index is 11.2. The summed E-state index contributed by atoms with van der Waals surface area (Å²) in [6.07, 6.45) is -0.0738. The molecular formula is C22H22O6. The van der Waals surface area contributed by atoms with Gasteiger partial charge in [0.1, 0.15) is 11.5 Å². The van der Waals surface area contributed by atoms with Crippen LogP contribution in [-0.2, 0) is 30.3 Å². The molecule has 4 unspecified atom stereocenters. The van der Waals surface area contributed by atoms with Crippen molar-refractivity contribution in [3.8, 4) is 11.5 Å². The van der Waals surface area contributed by atoms with Gasteiger partial charge in [-0.3, -0.25) is 9.59 Å². The van der Waals surface area contributed by atoms with Crippen LogP contribution in [0.1, 0.15) is 38.8 Å². The maximum Gasteiger partial charge on any atom is 0.308 e. The molecule has 0 amide bonds. The van der Waals surface area contributed by atoms with Crippen molar-refractivity contribution in [3.05, 3.63) is 59.7 Å². The van der Waals surface area contributed by atoms with Gasteiger partial charge in [-0.1, -0.05) is 24.3 Å². The van der Waals surface area contributed by atoms with E-state index in [2.05, 4.69) is 0 Å². The Hall–Kier alpha value is -2.70. The van der Waals surface area contributed by atoms with Crippen LogP contribution in [0.2, 0.25) is 0 Å². The molecule has 146 valence electrons. The molecular weight excluding hydrogens is 360 g/mol. The Morgan fingerprint density at radius 2 is 1.00 bits per heavy atom. The fourth-order valence-corrected chi connectivity index (χ4v) is 4.18. The van der Waals surface area contributed by atoms with Crippen molar-refractivity contribution < 1.29 is 28.5 Å². The average molecular weight is 382 g/mol. The SMILES string of the molecule is CC(=O)Oc1ccc(C2(C3(c4ccc(OC(C)=O)cc4)OC3C)OC2C)cc1. The van der Waals surface area contributed by atoms with Gasteiger partial charge in [-0.05, 0) is 49.2 Å². The summed E-state index contributed by atoms with van der Waals surface area (Å²) in [7, 11) is 0. The van der Waals surface area contributed by atoms with E-state index in [0.717, 1.165) is 11.1 Å². The highest BCUT2D eigenvalue weighted by Gasteiger charge is 2.79. The lowest BCUT2D eigenvalue weighted by molar-refractivity contribution is -0.132. The highest BCUT2D eigenvalue weighted by atomic mass is 16.7. The summed E-state index contributed by atoms with van der Waals surface area (Å²) in [5, 5.41) is 0. The number of carbonyl (C=O) groups is 2. The molecule has 6 heteroatoms. The maximum atomic E-state index is 11.2. The zero-order valence-corrected chi connectivity index (χ0v) is 16.2. The van der Waals surface area contributed by atoms with Crippen molar-refractivity contribution >= 4 is 11.9 Å². The highest BCUT2D eigenvalue weighted by Crippen LogP contribution is 2.68. The first-order chi connectivity index (χ1) is 13.3. The molecule has 4 atom stereocenters. The lowest BCUT2D eigenvalue weighted by Gasteiger charge is -2.23. The Labute approximate surface area is 163 Å². The molecule has 28 heavy (non-hydrogen) atoms. The summed E-state index contributed by atoms with van der Waals surface area (Å²) in [5.41, 5.74) is 0.683. The average Bonchev–Trinajstić information content (AvgIpc) is 3.51. The van der Waals surface area contributed by atoms with Gasteiger partial charge in [-0.2, -0.15) is 0 Å². The molecule has 0 aliphatic carbocycles. The van der Waals surface area contributed by atoms with Crippen molar-refractivity contribution in [3.63, 3.8) is 0 Å². The number of hydrogen-bond acceptors (Lipinski definition) is 6. The first-order valence-corrected chi connectivity index (χ1v) is 9.23. The van der Waals surface area contributed by atoms with Crippen LogP contribution in [0.3, 0.4) is 0 Å². The van der Waals surface area contributed by atoms with Gasteiger partial charge in [0.2, 0.25) is 0 Å². The number of hydrogen-bond donors (Lipinski definition) is 0. The number of esters is 2. The predicted octanol–water partition coefficient (Wildman–Crippen LogP) is 3.47. The third kappa shape index (κ3) is 2.80. The molecule has 0 spiro atoms. The van der Waals surface area contributed by atoms with Crippen molar-refractivity contribution in [1.82, 2.24) is 0 Å². The number of epoxide rings is 2. The minimum atomic E-state index is -0.621. The van der Waals surface area contributed by atoms with E-state index in [1.54, 1.807) is 24.3 Å². The number of carbonyl (C=O) groups excluding carboxylic acids is 2. The van der Waals surface area contributed by atoms with Crippen LogP contribution in [-0.4, -0.2) is 24.1 Å². The van der Waals surface area contributed by atoms with E-state index in [-0.39, 0.29) is 24.1 Å². The molecule has 0 bridgehead atoms. The van der Waals surface area contributed by atoms with Gasteiger partial charge in [0, 0.05) is 13.8 Å². The summed E-state index contributed by atoms with van der Waals surface area (Å²) in [6, 6.07) is 14.7. The predicted molar refractivity (Wildman–Crippen MR) is 100.0 cm³/mol. The van der Waals surface area contributed by atoms with Crippen LogP contribution < -0.4 is 9.47 Å². The van der Waals surface area contributed by atoms with Crippen LogP contribution >= 0.6 is 0 Å². The molecule has 2 aromatic rings. The summed E-state index contributed by atoms with van der Waals surface area (Å²) < 4.78 is 22.5. The van der Waals surface area contributed by atoms with Gasteiger partial charge >= 0.3 is 11.9 Å². The Morgan fingerprint density at radius 3 is 1.21 bits per heavy atom. The molecule has 2 aliphatic rings. The largest absolute Gasteiger partial charge is 0.427 e. The van der Waals surface area contributed by atoms with E-state index in [1.165, 1.54) is 13.8 Å². The smallest absolute Gasteiger partial charge is 0.308 e. The molecule has 0 N–H and O–H groups in total. The molecule has 0 radical (unpaired) electrons. The molecule has 0 aromatic heterocycles. The number of ether oxygens (including phenoxy) is 4. The summed E-state index contributed by atoms with van der Waals surface area (Å²) in [4.78, 5) is 22.3. The van der Waals surface area contributed by atoms with E-state index in [1.807, 2.05) is 38.1 Å². The molecule has 2 aliphatic heterocycles. The fourth-order valence-electron chi connectivity index (χ4n) is 4.18. The van der Waals surface area contributed by atoms with E-state index in [9.17, 15) is 9.59 Å². The van der Waals surface area contributed by atoms with Gasteiger partial charge in [-0.25, -0.2) is 0 Å². The Balaban J connectivity index is 1.68.